The van der Waals surface area contributed by atoms with Crippen molar-refractivity contribution in [2.45, 2.75) is 51.6 Å². The zero-order chi connectivity index (χ0) is 14.6. The average molecular weight is 290 g/mol. The molecule has 0 amide bonds. The average Bonchev–Trinajstić information content (AvgIpc) is 2.41. The van der Waals surface area contributed by atoms with Gasteiger partial charge in [0.2, 0.25) is 0 Å². The van der Waals surface area contributed by atoms with Gasteiger partial charge in [0, 0.05) is 21.3 Å². The molecule has 1 rings (SSSR count). The van der Waals surface area contributed by atoms with E-state index in [9.17, 15) is 0 Å². The summed E-state index contributed by atoms with van der Waals surface area (Å²) in [6.07, 6.45) is 4.04. The molecule has 0 aromatic rings. The van der Waals surface area contributed by atoms with E-state index in [4.69, 9.17) is 13.3 Å². The van der Waals surface area contributed by atoms with Gasteiger partial charge in [-0.1, -0.05) is 0 Å². The van der Waals surface area contributed by atoms with Gasteiger partial charge in [0.15, 0.2) is 0 Å². The second-order valence-corrected chi connectivity index (χ2v) is 9.68. The van der Waals surface area contributed by atoms with E-state index < -0.39 is 8.80 Å². The van der Waals surface area contributed by atoms with Crippen LogP contribution in [0.2, 0.25) is 6.04 Å². The summed E-state index contributed by atoms with van der Waals surface area (Å²) in [4.78, 5) is 0. The second kappa shape index (κ2) is 6.67. The number of piperidine rings is 1. The monoisotopic (exact) mass is 290 g/mol. The van der Waals surface area contributed by atoms with Gasteiger partial charge in [0.1, 0.15) is 0 Å². The zero-order valence-electron chi connectivity index (χ0n) is 13.6. The fourth-order valence-corrected chi connectivity index (χ4v) is 5.07. The van der Waals surface area contributed by atoms with Gasteiger partial charge in [-0.05, 0) is 40.0 Å². The van der Waals surface area contributed by atoms with E-state index in [0.717, 1.165) is 17.1 Å². The Hall–Kier alpha value is 0.0569. The van der Waals surface area contributed by atoms with Crippen LogP contribution in [0.4, 0.5) is 0 Å². The summed E-state index contributed by atoms with van der Waals surface area (Å²) in [6.45, 7) is 10.7. The van der Waals surface area contributed by atoms with E-state index in [0.29, 0.717) is 0 Å². The third-order valence-corrected chi connectivity index (χ3v) is 7.58. The van der Waals surface area contributed by atoms with Crippen molar-refractivity contribution in [1.29, 1.82) is 0 Å². The molecule has 0 aromatic heterocycles. The fraction of sp³-hybridized carbons (Fsp3) is 1.00. The summed E-state index contributed by atoms with van der Waals surface area (Å²) in [7, 11) is 2.67. The van der Waals surface area contributed by atoms with Crippen LogP contribution >= 0.6 is 0 Å². The summed E-state index contributed by atoms with van der Waals surface area (Å²) in [5, 5.41) is 0. The molecule has 1 saturated heterocycles. The van der Waals surface area contributed by atoms with E-state index in [-0.39, 0.29) is 5.54 Å². The van der Waals surface area contributed by atoms with Crippen LogP contribution in [-0.2, 0) is 13.3 Å². The van der Waals surface area contributed by atoms with Crippen molar-refractivity contribution in [3.63, 3.8) is 0 Å². The van der Waals surface area contributed by atoms with Crippen molar-refractivity contribution in [3.8, 4) is 0 Å². The first-order valence-electron chi connectivity index (χ1n) is 7.36. The molecule has 0 unspecified atom stereocenters. The summed E-state index contributed by atoms with van der Waals surface area (Å²) < 4.78 is 17.9. The minimum atomic E-state index is -2.44. The molecule has 1 aliphatic heterocycles. The van der Waals surface area contributed by atoms with Gasteiger partial charge in [-0.2, -0.15) is 0 Å². The molecule has 0 N–H and O–H groups in total. The molecule has 0 bridgehead atoms. The van der Waals surface area contributed by atoms with Crippen molar-refractivity contribution in [2.75, 3.05) is 41.0 Å². The Morgan fingerprint density at radius 1 is 0.895 bits per heavy atom. The molecular weight excluding hydrogens is 258 g/mol. The van der Waals surface area contributed by atoms with Crippen molar-refractivity contribution in [2.24, 2.45) is 0 Å². The lowest BCUT2D eigenvalue weighted by molar-refractivity contribution is -0.973. The maximum Gasteiger partial charge on any atom is 0.505 e. The Kier molecular flexibility index (Phi) is 6.01. The molecule has 114 valence electrons. The molecule has 1 aliphatic rings. The second-order valence-electron chi connectivity index (χ2n) is 6.59. The highest BCUT2D eigenvalue weighted by molar-refractivity contribution is 6.60. The Morgan fingerprint density at radius 2 is 1.37 bits per heavy atom. The normalized spacial score (nSPS) is 20.5. The largest absolute Gasteiger partial charge is 0.505 e. The molecule has 0 spiro atoms. The first-order valence-corrected chi connectivity index (χ1v) is 9.29. The third-order valence-electron chi connectivity index (χ3n) is 4.87. The van der Waals surface area contributed by atoms with Crippen LogP contribution in [-0.4, -0.2) is 59.8 Å². The fourth-order valence-electron chi connectivity index (χ4n) is 3.25. The Balaban J connectivity index is 2.79. The lowest BCUT2D eigenvalue weighted by atomic mass is 9.95. The van der Waals surface area contributed by atoms with Crippen molar-refractivity contribution >= 4 is 8.80 Å². The smallest absolute Gasteiger partial charge is 0.377 e. The van der Waals surface area contributed by atoms with Crippen molar-refractivity contribution in [1.82, 2.24) is 0 Å². The molecule has 1 fully saturated rings. The molecule has 4 nitrogen and oxygen atoms in total. The van der Waals surface area contributed by atoms with Gasteiger partial charge < -0.3 is 17.8 Å². The molecule has 0 aliphatic carbocycles. The first-order chi connectivity index (χ1) is 8.85. The van der Waals surface area contributed by atoms with E-state index in [1.54, 1.807) is 21.3 Å². The summed E-state index contributed by atoms with van der Waals surface area (Å²) >= 11 is 0. The van der Waals surface area contributed by atoms with Crippen molar-refractivity contribution in [3.05, 3.63) is 0 Å². The highest BCUT2D eigenvalue weighted by Gasteiger charge is 2.46. The molecule has 19 heavy (non-hydrogen) atoms. The number of quaternary nitrogens is 1. The number of hydrogen-bond acceptors (Lipinski definition) is 3. The lowest BCUT2D eigenvalue weighted by Crippen LogP contribution is -2.64. The SMILES string of the molecule is CO[Si](CC[N+]1(C(C)(C)C)CCCCC1)(OC)OC. The highest BCUT2D eigenvalue weighted by Crippen LogP contribution is 2.32. The van der Waals surface area contributed by atoms with E-state index in [1.165, 1.54) is 32.4 Å². The predicted molar refractivity (Wildman–Crippen MR) is 80.1 cm³/mol. The first kappa shape index (κ1) is 17.1. The Labute approximate surface area is 120 Å². The number of rotatable bonds is 6. The topological polar surface area (TPSA) is 27.7 Å². The van der Waals surface area contributed by atoms with Gasteiger partial charge in [0.05, 0.1) is 31.2 Å². The molecule has 5 heteroatoms. The van der Waals surface area contributed by atoms with Gasteiger partial charge in [-0.25, -0.2) is 0 Å². The van der Waals surface area contributed by atoms with E-state index in [1.807, 2.05) is 0 Å². The van der Waals surface area contributed by atoms with Gasteiger partial charge in [-0.15, -0.1) is 0 Å². The van der Waals surface area contributed by atoms with Crippen LogP contribution in [0.1, 0.15) is 40.0 Å². The molecule has 0 atom stereocenters. The Bertz CT molecular complexity index is 260. The lowest BCUT2D eigenvalue weighted by Gasteiger charge is -2.51. The quantitative estimate of drug-likeness (QED) is 0.556. The predicted octanol–water partition coefficient (Wildman–Crippen LogP) is 2.66. The summed E-state index contributed by atoms with van der Waals surface area (Å²) in [5.41, 5.74) is 0.274. The van der Waals surface area contributed by atoms with Crippen LogP contribution in [0.5, 0.6) is 0 Å². The van der Waals surface area contributed by atoms with E-state index in [2.05, 4.69) is 20.8 Å². The minimum Gasteiger partial charge on any atom is -0.377 e. The van der Waals surface area contributed by atoms with Crippen molar-refractivity contribution < 1.29 is 17.8 Å². The van der Waals surface area contributed by atoms with Gasteiger partial charge in [0.25, 0.3) is 0 Å². The number of nitrogens with zero attached hydrogens (tertiary/aromatic N) is 1. The van der Waals surface area contributed by atoms with Crippen LogP contribution in [0.25, 0.3) is 0 Å². The Morgan fingerprint density at radius 3 is 1.74 bits per heavy atom. The van der Waals surface area contributed by atoms with Crippen LogP contribution in [0.3, 0.4) is 0 Å². The molecular formula is C14H32NO3Si+. The minimum absolute atomic E-state index is 0.274. The third kappa shape index (κ3) is 3.79. The molecule has 0 radical (unpaired) electrons. The number of hydrogen-bond donors (Lipinski definition) is 0. The molecule has 0 aromatic carbocycles. The van der Waals surface area contributed by atoms with E-state index >= 15 is 0 Å². The van der Waals surface area contributed by atoms with Crippen LogP contribution < -0.4 is 0 Å². The summed E-state index contributed by atoms with van der Waals surface area (Å²) in [6, 6.07) is 0.897. The molecule has 0 saturated carbocycles. The maximum atomic E-state index is 5.57. The summed E-state index contributed by atoms with van der Waals surface area (Å²) in [5.74, 6) is 0. The van der Waals surface area contributed by atoms with Gasteiger partial charge >= 0.3 is 8.80 Å². The van der Waals surface area contributed by atoms with Crippen LogP contribution in [0.15, 0.2) is 0 Å². The maximum absolute atomic E-state index is 5.57. The highest BCUT2D eigenvalue weighted by atomic mass is 28.4. The zero-order valence-corrected chi connectivity index (χ0v) is 14.6. The molecule has 1 heterocycles. The number of likely N-dealkylation sites (tertiary alicyclic amines) is 1. The van der Waals surface area contributed by atoms with Crippen LogP contribution in [0, 0.1) is 0 Å². The standard InChI is InChI=1S/C14H32NO3Si/c1-14(2,3)15(10-8-7-9-11-15)12-13-19(16-4,17-5)18-6/h7-13H2,1-6H3/q+1. The van der Waals surface area contributed by atoms with Gasteiger partial charge in [-0.3, -0.25) is 0 Å².